The highest BCUT2D eigenvalue weighted by Gasteiger charge is 2.31. The third kappa shape index (κ3) is 17.7. The Morgan fingerprint density at radius 1 is 0.680 bits per heavy atom. The van der Waals surface area contributed by atoms with Crippen molar-refractivity contribution in [2.24, 2.45) is 0 Å². The van der Waals surface area contributed by atoms with Crippen LogP contribution in [0.4, 0.5) is 34.6 Å². The van der Waals surface area contributed by atoms with Gasteiger partial charge in [-0.25, -0.2) is 9.97 Å². The number of carbonyl (C=O) groups excluding carboxylic acids is 2. The van der Waals surface area contributed by atoms with E-state index in [4.69, 9.17) is 59.5 Å². The molecule has 75 heavy (non-hydrogen) atoms. The summed E-state index contributed by atoms with van der Waals surface area (Å²) in [5.41, 5.74) is 8.17. The van der Waals surface area contributed by atoms with Gasteiger partial charge >= 0.3 is 0 Å². The Bertz CT molecular complexity index is 3050. The molecule has 1 amide bonds. The molecule has 2 saturated heterocycles. The van der Waals surface area contributed by atoms with E-state index in [1.807, 2.05) is 55.4 Å². The monoisotopic (exact) mass is 1230 g/mol. The Kier molecular flexibility index (Phi) is 23.2. The van der Waals surface area contributed by atoms with Gasteiger partial charge in [-0.15, -0.1) is 0 Å². The van der Waals surface area contributed by atoms with Gasteiger partial charge in [-0.05, 0) is 103 Å². The van der Waals surface area contributed by atoms with Gasteiger partial charge < -0.3 is 59.6 Å². The first-order valence-corrected chi connectivity index (χ1v) is 30.3. The number of hydrogen-bond donors (Lipinski definition) is 4. The van der Waals surface area contributed by atoms with Gasteiger partial charge in [0.25, 0.3) is 0 Å². The average molecular weight is 1230 g/mol. The number of nitrogen functional groups attached to an aromatic ring is 1. The Morgan fingerprint density at radius 3 is 1.51 bits per heavy atom. The van der Waals surface area contributed by atoms with Crippen LogP contribution in [-0.2, 0) is 18.7 Å². The summed E-state index contributed by atoms with van der Waals surface area (Å²) >= 11 is 19.3. The lowest BCUT2D eigenvalue weighted by atomic mass is 10.3. The SMILES string of the molecule is C=CC(=O)Cl.C=CC(=O)Nc1cccc(Oc2nc(Nc3ccc(P4(=O)CCN(C)CC4)cc3OC)ncc2Cl)c1.CI.COc1cc(P2(=O)CCN(C)CC2)ccc1Nc1ncc(Cl)c(Oc2cccc(N)c2)n1. The Hall–Kier alpha value is -5.76. The molecule has 0 saturated carbocycles. The van der Waals surface area contributed by atoms with Crippen LogP contribution in [0.15, 0.2) is 123 Å². The molecule has 0 spiro atoms. The molecule has 0 atom stereocenters. The number of hydrogen-bond acceptors (Lipinski definition) is 17. The van der Waals surface area contributed by atoms with E-state index < -0.39 is 19.5 Å². The maximum Gasteiger partial charge on any atom is 0.247 e. The van der Waals surface area contributed by atoms with Gasteiger partial charge in [-0.3, -0.25) is 9.59 Å². The van der Waals surface area contributed by atoms with Crippen LogP contribution in [0, 0.1) is 0 Å². The molecule has 0 radical (unpaired) electrons. The number of amides is 1. The van der Waals surface area contributed by atoms with E-state index in [-0.39, 0.29) is 39.6 Å². The number of aromatic nitrogens is 4. The number of rotatable bonds is 15. The first-order chi connectivity index (χ1) is 35.9. The molecule has 6 aromatic rings. The minimum Gasteiger partial charge on any atom is -0.495 e. The van der Waals surface area contributed by atoms with Gasteiger partial charge in [-0.2, -0.15) is 9.97 Å². The Balaban J connectivity index is 0.000000248. The lowest BCUT2D eigenvalue weighted by Crippen LogP contribution is -2.34. The third-order valence-corrected chi connectivity index (χ3v) is 18.1. The summed E-state index contributed by atoms with van der Waals surface area (Å²) in [6.07, 6.45) is 7.75. The highest BCUT2D eigenvalue weighted by molar-refractivity contribution is 14.1. The highest BCUT2D eigenvalue weighted by Crippen LogP contribution is 2.48. The van der Waals surface area contributed by atoms with Crippen LogP contribution in [-0.4, -0.2) is 125 Å². The molecule has 18 nitrogen and oxygen atoms in total. The quantitative estimate of drug-likeness (QED) is 0.0187. The number of carbonyl (C=O) groups is 2. The van der Waals surface area contributed by atoms with E-state index in [1.165, 1.54) is 18.5 Å². The second kappa shape index (κ2) is 28.9. The van der Waals surface area contributed by atoms with E-state index in [2.05, 4.69) is 81.4 Å². The fraction of sp³-hybridized carbons (Fsp3) is 0.255. The summed E-state index contributed by atoms with van der Waals surface area (Å²) in [4.78, 5) is 44.6. The first kappa shape index (κ1) is 60.1. The molecule has 4 heterocycles. The van der Waals surface area contributed by atoms with Crippen LogP contribution < -0.4 is 51.2 Å². The van der Waals surface area contributed by atoms with E-state index >= 15 is 0 Å². The molecule has 5 N–H and O–H groups in total. The Morgan fingerprint density at radius 2 is 1.11 bits per heavy atom. The van der Waals surface area contributed by atoms with Crippen LogP contribution in [0.2, 0.25) is 10.0 Å². The van der Waals surface area contributed by atoms with E-state index in [0.29, 0.717) is 70.4 Å². The predicted octanol–water partition coefficient (Wildman–Crippen LogP) is 10.9. The van der Waals surface area contributed by atoms with Crippen LogP contribution in [0.25, 0.3) is 0 Å². The number of nitrogens with zero attached hydrogens (tertiary/aromatic N) is 6. The molecule has 8 rings (SSSR count). The largest absolute Gasteiger partial charge is 0.495 e. The van der Waals surface area contributed by atoms with E-state index in [9.17, 15) is 18.7 Å². The lowest BCUT2D eigenvalue weighted by Gasteiger charge is -2.30. The maximum absolute atomic E-state index is 13.5. The molecule has 24 heteroatoms. The molecule has 2 aromatic heterocycles. The normalized spacial score (nSPS) is 14.5. The minimum absolute atomic E-state index is 0.132. The van der Waals surface area contributed by atoms with Gasteiger partial charge in [0.15, 0.2) is 0 Å². The molecule has 0 aliphatic carbocycles. The number of nitrogens with two attached hydrogens (primary N) is 1. The van der Waals surface area contributed by atoms with Crippen molar-refractivity contribution < 1.29 is 37.7 Å². The minimum atomic E-state index is -2.46. The number of allylic oxidation sites excluding steroid dienone is 1. The molecule has 4 aromatic carbocycles. The van der Waals surface area contributed by atoms with E-state index in [0.717, 1.165) is 42.9 Å². The van der Waals surface area contributed by atoms with Crippen LogP contribution in [0.3, 0.4) is 0 Å². The van der Waals surface area contributed by atoms with Crippen molar-refractivity contribution in [1.29, 1.82) is 0 Å². The number of nitrogens with one attached hydrogen (secondary N) is 3. The maximum atomic E-state index is 13.5. The molecule has 0 unspecified atom stereocenters. The number of alkyl halides is 1. The fourth-order valence-electron chi connectivity index (χ4n) is 7.21. The zero-order valence-corrected chi connectivity index (χ0v) is 48.1. The molecule has 0 bridgehead atoms. The molecule has 2 fully saturated rings. The van der Waals surface area contributed by atoms with Crippen molar-refractivity contribution in [3.63, 3.8) is 0 Å². The zero-order chi connectivity index (χ0) is 54.7. The second-order valence-electron chi connectivity index (χ2n) is 16.5. The highest BCUT2D eigenvalue weighted by atomic mass is 127. The summed E-state index contributed by atoms with van der Waals surface area (Å²) < 4.78 is 49.7. The van der Waals surface area contributed by atoms with Gasteiger partial charge in [0.05, 0.1) is 38.0 Å². The first-order valence-electron chi connectivity index (χ1n) is 22.9. The van der Waals surface area contributed by atoms with Gasteiger partial charge in [0.1, 0.15) is 47.3 Å². The molecule has 2 aliphatic heterocycles. The van der Waals surface area contributed by atoms with Gasteiger partial charge in [0, 0.05) is 84.9 Å². The van der Waals surface area contributed by atoms with Crippen LogP contribution >= 0.6 is 71.7 Å². The molecule has 398 valence electrons. The summed E-state index contributed by atoms with van der Waals surface area (Å²) in [7, 11) is 2.33. The van der Waals surface area contributed by atoms with Crippen molar-refractivity contribution in [2.45, 2.75) is 0 Å². The molecular formula is C51H58Cl3IN10O8P2. The van der Waals surface area contributed by atoms with Gasteiger partial charge in [0.2, 0.25) is 34.8 Å². The van der Waals surface area contributed by atoms with Crippen molar-refractivity contribution >= 4 is 128 Å². The third-order valence-electron chi connectivity index (χ3n) is 11.3. The predicted molar refractivity (Wildman–Crippen MR) is 313 cm³/mol. The van der Waals surface area contributed by atoms with E-state index in [1.54, 1.807) is 62.8 Å². The smallest absolute Gasteiger partial charge is 0.247 e. The summed E-state index contributed by atoms with van der Waals surface area (Å²) in [6, 6.07) is 24.8. The topological polar surface area (TPSA) is 225 Å². The number of methoxy groups -OCH3 is 2. The Labute approximate surface area is 465 Å². The fourth-order valence-corrected chi connectivity index (χ4v) is 13.0. The standard InChI is InChI=1S/C25H27ClN5O4P.C22H25ClN5O3P.C3H3ClO.CH3I/c1-4-23(32)28-17-6-5-7-18(14-17)35-24-20(26)16-27-25(30-24)29-21-9-8-19(15-22(21)34-3)36(33)12-10-31(2)11-13-36;1-28-8-10-32(29,11-9-28)17-6-7-19(20(13-17)30-2)26-22-25-14-18(23)21(27-22)31-16-5-3-4-15(24)12-16;1-2-3(4)5;1-2/h4-9,14-16H,1,10-13H2,2-3H3,(H,28,32)(H,27,29,30);3-7,12-14H,8-11,24H2,1-2H3,(H,25,26,27);2H,1H2;1H3. The molecule has 2 aliphatic rings. The molecular weight excluding hydrogens is 1180 g/mol. The van der Waals surface area contributed by atoms with Crippen molar-refractivity contribution in [1.82, 2.24) is 29.7 Å². The van der Waals surface area contributed by atoms with Crippen molar-refractivity contribution in [3.05, 3.63) is 133 Å². The lowest BCUT2D eigenvalue weighted by molar-refractivity contribution is -0.112. The number of halogens is 4. The second-order valence-corrected chi connectivity index (χ2v) is 24.1. The number of ether oxygens (including phenoxy) is 4. The average Bonchev–Trinajstić information content (AvgIpc) is 3.41. The number of anilines is 6. The van der Waals surface area contributed by atoms with Crippen LogP contribution in [0.5, 0.6) is 34.8 Å². The van der Waals surface area contributed by atoms with Gasteiger partial charge in [-0.1, -0.05) is 71.1 Å². The van der Waals surface area contributed by atoms with Crippen molar-refractivity contribution in [2.75, 3.05) is 106 Å². The van der Waals surface area contributed by atoms with Crippen molar-refractivity contribution in [3.8, 4) is 34.8 Å². The van der Waals surface area contributed by atoms with Crippen LogP contribution in [0.1, 0.15) is 0 Å². The summed E-state index contributed by atoms with van der Waals surface area (Å²) in [5, 5.41) is 10.5. The summed E-state index contributed by atoms with van der Waals surface area (Å²) in [6.45, 7) is 9.79. The zero-order valence-electron chi connectivity index (χ0n) is 41.9. The number of benzene rings is 4. The summed E-state index contributed by atoms with van der Waals surface area (Å²) in [5.74, 6) is 2.55.